The van der Waals surface area contributed by atoms with Crippen LogP contribution in [0.1, 0.15) is 17.8 Å². The summed E-state index contributed by atoms with van der Waals surface area (Å²) in [6.07, 6.45) is 3.91. The standard InChI is InChI=1S/C16H17N5O/c1-11-12(2)19-15-10-13(4-5-14(15)18-11)20-16(22)6-9-21-8-3-7-17-21/h3-5,7-8,10H,6,9H2,1-2H3,(H,20,22). The summed E-state index contributed by atoms with van der Waals surface area (Å²) in [5.74, 6) is -0.0494. The number of nitrogens with zero attached hydrogens (tertiary/aromatic N) is 4. The van der Waals surface area contributed by atoms with E-state index in [-0.39, 0.29) is 5.91 Å². The first-order chi connectivity index (χ1) is 10.6. The SMILES string of the molecule is Cc1nc2ccc(NC(=O)CCn3cccn3)cc2nc1C. The predicted molar refractivity (Wildman–Crippen MR) is 84.5 cm³/mol. The Bertz CT molecular complexity index is 811. The first-order valence-electron chi connectivity index (χ1n) is 7.14. The molecule has 0 atom stereocenters. The molecule has 0 saturated heterocycles. The molecule has 2 heterocycles. The van der Waals surface area contributed by atoms with Crippen LogP contribution in [0.4, 0.5) is 5.69 Å². The second-order valence-electron chi connectivity index (χ2n) is 5.17. The van der Waals surface area contributed by atoms with Crippen molar-refractivity contribution < 1.29 is 4.79 Å². The third-order valence-electron chi connectivity index (χ3n) is 3.49. The summed E-state index contributed by atoms with van der Waals surface area (Å²) in [6, 6.07) is 7.40. The molecule has 1 aromatic carbocycles. The van der Waals surface area contributed by atoms with Gasteiger partial charge in [-0.25, -0.2) is 9.97 Å². The van der Waals surface area contributed by atoms with E-state index < -0.39 is 0 Å². The lowest BCUT2D eigenvalue weighted by Gasteiger charge is -2.07. The zero-order valence-corrected chi connectivity index (χ0v) is 12.6. The average Bonchev–Trinajstić information content (AvgIpc) is 3.00. The molecule has 1 amide bonds. The number of anilines is 1. The third-order valence-corrected chi connectivity index (χ3v) is 3.49. The van der Waals surface area contributed by atoms with E-state index in [0.717, 1.165) is 28.1 Å². The van der Waals surface area contributed by atoms with Crippen LogP contribution in [0.2, 0.25) is 0 Å². The van der Waals surface area contributed by atoms with E-state index in [9.17, 15) is 4.79 Å². The van der Waals surface area contributed by atoms with Gasteiger partial charge in [0.25, 0.3) is 0 Å². The van der Waals surface area contributed by atoms with Crippen LogP contribution in [0.15, 0.2) is 36.7 Å². The number of hydrogen-bond donors (Lipinski definition) is 1. The van der Waals surface area contributed by atoms with Crippen LogP contribution in [0.25, 0.3) is 11.0 Å². The molecule has 0 radical (unpaired) electrons. The molecule has 0 aliphatic carbocycles. The molecule has 6 nitrogen and oxygen atoms in total. The molecule has 3 rings (SSSR count). The molecular weight excluding hydrogens is 278 g/mol. The molecular formula is C16H17N5O. The van der Waals surface area contributed by atoms with Gasteiger partial charge in [-0.2, -0.15) is 5.10 Å². The van der Waals surface area contributed by atoms with Crippen molar-refractivity contribution in [2.24, 2.45) is 0 Å². The highest BCUT2D eigenvalue weighted by Crippen LogP contribution is 2.17. The number of aryl methyl sites for hydroxylation is 3. The van der Waals surface area contributed by atoms with Crippen molar-refractivity contribution in [1.29, 1.82) is 0 Å². The molecule has 0 unspecified atom stereocenters. The maximum absolute atomic E-state index is 12.0. The van der Waals surface area contributed by atoms with Gasteiger partial charge in [-0.15, -0.1) is 0 Å². The van der Waals surface area contributed by atoms with Crippen molar-refractivity contribution in [2.45, 2.75) is 26.8 Å². The van der Waals surface area contributed by atoms with Gasteiger partial charge in [0, 0.05) is 31.0 Å². The van der Waals surface area contributed by atoms with Gasteiger partial charge in [-0.3, -0.25) is 9.48 Å². The Kier molecular flexibility index (Phi) is 3.82. The van der Waals surface area contributed by atoms with E-state index in [2.05, 4.69) is 20.4 Å². The molecule has 0 saturated carbocycles. The van der Waals surface area contributed by atoms with E-state index in [1.54, 1.807) is 10.9 Å². The Morgan fingerprint density at radius 2 is 1.95 bits per heavy atom. The number of nitrogens with one attached hydrogen (secondary N) is 1. The lowest BCUT2D eigenvalue weighted by atomic mass is 10.2. The molecule has 0 aliphatic heterocycles. The van der Waals surface area contributed by atoms with Crippen LogP contribution in [0.3, 0.4) is 0 Å². The van der Waals surface area contributed by atoms with E-state index in [1.165, 1.54) is 0 Å². The van der Waals surface area contributed by atoms with Crippen LogP contribution >= 0.6 is 0 Å². The minimum absolute atomic E-state index is 0.0494. The Morgan fingerprint density at radius 1 is 1.18 bits per heavy atom. The maximum atomic E-state index is 12.0. The lowest BCUT2D eigenvalue weighted by Crippen LogP contribution is -2.14. The summed E-state index contributed by atoms with van der Waals surface area (Å²) in [6.45, 7) is 4.42. The zero-order valence-electron chi connectivity index (χ0n) is 12.6. The number of amides is 1. The van der Waals surface area contributed by atoms with Crippen LogP contribution in [0, 0.1) is 13.8 Å². The lowest BCUT2D eigenvalue weighted by molar-refractivity contribution is -0.116. The zero-order chi connectivity index (χ0) is 15.5. The molecule has 0 aliphatic rings. The topological polar surface area (TPSA) is 72.7 Å². The minimum Gasteiger partial charge on any atom is -0.326 e. The number of carbonyl (C=O) groups excluding carboxylic acids is 1. The molecule has 6 heteroatoms. The number of fused-ring (bicyclic) bond motifs is 1. The van der Waals surface area contributed by atoms with Gasteiger partial charge in [-0.1, -0.05) is 0 Å². The molecule has 0 bridgehead atoms. The fourth-order valence-electron chi connectivity index (χ4n) is 2.18. The third kappa shape index (κ3) is 3.11. The Hall–Kier alpha value is -2.76. The summed E-state index contributed by atoms with van der Waals surface area (Å²) in [4.78, 5) is 21.0. The van der Waals surface area contributed by atoms with E-state index >= 15 is 0 Å². The van der Waals surface area contributed by atoms with Gasteiger partial charge in [0.1, 0.15) is 0 Å². The maximum Gasteiger partial charge on any atom is 0.226 e. The number of carbonyl (C=O) groups is 1. The summed E-state index contributed by atoms with van der Waals surface area (Å²) in [7, 11) is 0. The van der Waals surface area contributed by atoms with Gasteiger partial charge < -0.3 is 5.32 Å². The molecule has 2 aromatic heterocycles. The second-order valence-corrected chi connectivity index (χ2v) is 5.17. The summed E-state index contributed by atoms with van der Waals surface area (Å²) in [5, 5.41) is 6.96. The van der Waals surface area contributed by atoms with E-state index in [1.807, 2.05) is 44.3 Å². The molecule has 22 heavy (non-hydrogen) atoms. The van der Waals surface area contributed by atoms with Crippen molar-refractivity contribution >= 4 is 22.6 Å². The van der Waals surface area contributed by atoms with Gasteiger partial charge >= 0.3 is 0 Å². The summed E-state index contributed by atoms with van der Waals surface area (Å²) < 4.78 is 1.73. The Morgan fingerprint density at radius 3 is 2.68 bits per heavy atom. The van der Waals surface area contributed by atoms with Crippen molar-refractivity contribution in [3.63, 3.8) is 0 Å². The van der Waals surface area contributed by atoms with E-state index in [4.69, 9.17) is 0 Å². The first-order valence-corrected chi connectivity index (χ1v) is 7.14. The number of benzene rings is 1. The van der Waals surface area contributed by atoms with Gasteiger partial charge in [-0.05, 0) is 38.1 Å². The van der Waals surface area contributed by atoms with E-state index in [0.29, 0.717) is 13.0 Å². The fourth-order valence-corrected chi connectivity index (χ4v) is 2.18. The van der Waals surface area contributed by atoms with Crippen molar-refractivity contribution in [2.75, 3.05) is 5.32 Å². The quantitative estimate of drug-likeness (QED) is 0.802. The molecule has 112 valence electrons. The summed E-state index contributed by atoms with van der Waals surface area (Å²) in [5.41, 5.74) is 4.17. The largest absolute Gasteiger partial charge is 0.326 e. The smallest absolute Gasteiger partial charge is 0.226 e. The van der Waals surface area contributed by atoms with Crippen LogP contribution in [0.5, 0.6) is 0 Å². The Balaban J connectivity index is 1.70. The monoisotopic (exact) mass is 295 g/mol. The Labute approximate surface area is 128 Å². The number of rotatable bonds is 4. The summed E-state index contributed by atoms with van der Waals surface area (Å²) >= 11 is 0. The fraction of sp³-hybridized carbons (Fsp3) is 0.250. The van der Waals surface area contributed by atoms with Crippen molar-refractivity contribution in [3.05, 3.63) is 48.0 Å². The molecule has 0 fully saturated rings. The predicted octanol–water partition coefficient (Wildman–Crippen LogP) is 2.47. The highest BCUT2D eigenvalue weighted by Gasteiger charge is 2.06. The van der Waals surface area contributed by atoms with Crippen molar-refractivity contribution in [3.8, 4) is 0 Å². The second kappa shape index (κ2) is 5.93. The normalized spacial score (nSPS) is 10.8. The van der Waals surface area contributed by atoms with Gasteiger partial charge in [0.2, 0.25) is 5.91 Å². The number of hydrogen-bond acceptors (Lipinski definition) is 4. The van der Waals surface area contributed by atoms with Crippen LogP contribution in [-0.2, 0) is 11.3 Å². The molecule has 3 aromatic rings. The van der Waals surface area contributed by atoms with Crippen LogP contribution in [-0.4, -0.2) is 25.7 Å². The minimum atomic E-state index is -0.0494. The molecule has 1 N–H and O–H groups in total. The highest BCUT2D eigenvalue weighted by atomic mass is 16.1. The van der Waals surface area contributed by atoms with Crippen LogP contribution < -0.4 is 5.32 Å². The average molecular weight is 295 g/mol. The van der Waals surface area contributed by atoms with Gasteiger partial charge in [0.05, 0.1) is 22.4 Å². The van der Waals surface area contributed by atoms with Crippen molar-refractivity contribution in [1.82, 2.24) is 19.7 Å². The first kappa shape index (κ1) is 14.2. The molecule has 0 spiro atoms. The number of aromatic nitrogens is 4. The van der Waals surface area contributed by atoms with Gasteiger partial charge in [0.15, 0.2) is 0 Å². The highest BCUT2D eigenvalue weighted by molar-refractivity contribution is 5.92.